The Bertz CT molecular complexity index is 3600. The lowest BCUT2D eigenvalue weighted by Crippen LogP contribution is -2.09. The van der Waals surface area contributed by atoms with E-state index in [1.807, 2.05) is 0 Å². The molecule has 65 heavy (non-hydrogen) atoms. The molecule has 0 atom stereocenters. The monoisotopic (exact) mass is 827 g/mol. The van der Waals surface area contributed by atoms with E-state index >= 15 is 0 Å². The highest BCUT2D eigenvalue weighted by molar-refractivity contribution is 6.10. The molecule has 0 amide bonds. The summed E-state index contributed by atoms with van der Waals surface area (Å²) in [5.74, 6) is 0. The SMILES string of the molecule is c1ccc2cc3cc(N(c4ccc(-c5ccc(-n6c7ccccc7c7ccccc76)cc5)cc4)c4ccc(-c5ccc(-n6c7ccccc7c7ccccc76)cc5)cc4)ccc3cc2c1. The normalized spacial score (nSPS) is 11.7. The van der Waals surface area contributed by atoms with Crippen LogP contribution in [0, 0.1) is 0 Å². The number of benzene rings is 11. The molecule has 2 aromatic heterocycles. The molecule has 13 aromatic rings. The van der Waals surface area contributed by atoms with E-state index in [9.17, 15) is 0 Å². The van der Waals surface area contributed by atoms with Crippen LogP contribution in [-0.2, 0) is 0 Å². The van der Waals surface area contributed by atoms with Crippen molar-refractivity contribution in [3.8, 4) is 33.6 Å². The molecule has 0 saturated carbocycles. The van der Waals surface area contributed by atoms with E-state index in [0.717, 1.165) is 28.4 Å². The van der Waals surface area contributed by atoms with E-state index in [-0.39, 0.29) is 0 Å². The molecule has 11 aromatic carbocycles. The van der Waals surface area contributed by atoms with Crippen molar-refractivity contribution >= 4 is 82.2 Å². The second-order valence-corrected chi connectivity index (χ2v) is 17.0. The van der Waals surface area contributed by atoms with Crippen LogP contribution in [0.2, 0.25) is 0 Å². The molecule has 0 radical (unpaired) electrons. The number of fused-ring (bicyclic) bond motifs is 8. The average Bonchev–Trinajstić information content (AvgIpc) is 3.89. The Hall–Kier alpha value is -8.66. The first-order chi connectivity index (χ1) is 32.2. The highest BCUT2D eigenvalue weighted by Gasteiger charge is 2.17. The van der Waals surface area contributed by atoms with Crippen molar-refractivity contribution in [2.45, 2.75) is 0 Å². The summed E-state index contributed by atoms with van der Waals surface area (Å²) < 4.78 is 4.74. The zero-order valence-corrected chi connectivity index (χ0v) is 35.5. The minimum absolute atomic E-state index is 1.10. The summed E-state index contributed by atoms with van der Waals surface area (Å²) in [5, 5.41) is 10.0. The van der Waals surface area contributed by atoms with E-state index in [4.69, 9.17) is 0 Å². The summed E-state index contributed by atoms with van der Waals surface area (Å²) in [6.45, 7) is 0. The van der Waals surface area contributed by atoms with Gasteiger partial charge >= 0.3 is 0 Å². The van der Waals surface area contributed by atoms with Crippen LogP contribution in [0.3, 0.4) is 0 Å². The topological polar surface area (TPSA) is 13.1 Å². The Labute approximate surface area is 376 Å². The first kappa shape index (κ1) is 36.9. The largest absolute Gasteiger partial charge is 0.310 e. The Kier molecular flexibility index (Phi) is 8.53. The quantitative estimate of drug-likeness (QED) is 0.146. The molecule has 304 valence electrons. The summed E-state index contributed by atoms with van der Waals surface area (Å²) in [5.41, 5.74) is 15.2. The maximum Gasteiger partial charge on any atom is 0.0541 e. The van der Waals surface area contributed by atoms with E-state index < -0.39 is 0 Å². The smallest absolute Gasteiger partial charge is 0.0541 e. The summed E-state index contributed by atoms with van der Waals surface area (Å²) in [4.78, 5) is 2.37. The Morgan fingerprint density at radius 2 is 0.538 bits per heavy atom. The van der Waals surface area contributed by atoms with Crippen LogP contribution >= 0.6 is 0 Å². The van der Waals surface area contributed by atoms with Gasteiger partial charge in [-0.1, -0.05) is 152 Å². The minimum atomic E-state index is 1.10. The number of anilines is 3. The fourth-order valence-corrected chi connectivity index (χ4v) is 10.1. The van der Waals surface area contributed by atoms with Crippen LogP contribution in [0.4, 0.5) is 17.1 Å². The first-order valence-electron chi connectivity index (χ1n) is 22.3. The number of hydrogen-bond donors (Lipinski definition) is 0. The van der Waals surface area contributed by atoms with Crippen molar-refractivity contribution in [1.82, 2.24) is 9.13 Å². The fourth-order valence-electron chi connectivity index (χ4n) is 10.1. The van der Waals surface area contributed by atoms with Crippen LogP contribution < -0.4 is 4.90 Å². The third kappa shape index (κ3) is 6.20. The van der Waals surface area contributed by atoms with Crippen LogP contribution in [0.1, 0.15) is 0 Å². The van der Waals surface area contributed by atoms with Crippen molar-refractivity contribution in [2.75, 3.05) is 4.90 Å². The summed E-state index contributed by atoms with van der Waals surface area (Å²) in [6, 6.07) is 90.7. The second-order valence-electron chi connectivity index (χ2n) is 17.0. The third-order valence-corrected chi connectivity index (χ3v) is 13.3. The lowest BCUT2D eigenvalue weighted by Gasteiger charge is -2.26. The van der Waals surface area contributed by atoms with Crippen molar-refractivity contribution < 1.29 is 0 Å². The molecule has 0 aliphatic carbocycles. The maximum absolute atomic E-state index is 2.37. The Morgan fingerprint density at radius 1 is 0.231 bits per heavy atom. The molecule has 3 nitrogen and oxygen atoms in total. The summed E-state index contributed by atoms with van der Waals surface area (Å²) in [7, 11) is 0. The van der Waals surface area contributed by atoms with Gasteiger partial charge in [0.15, 0.2) is 0 Å². The van der Waals surface area contributed by atoms with E-state index in [2.05, 4.69) is 263 Å². The van der Waals surface area contributed by atoms with Crippen LogP contribution in [0.15, 0.2) is 249 Å². The zero-order valence-electron chi connectivity index (χ0n) is 35.5. The van der Waals surface area contributed by atoms with Crippen molar-refractivity contribution in [1.29, 1.82) is 0 Å². The number of para-hydroxylation sites is 4. The van der Waals surface area contributed by atoms with Crippen LogP contribution in [0.25, 0.3) is 98.8 Å². The van der Waals surface area contributed by atoms with Gasteiger partial charge in [-0.15, -0.1) is 0 Å². The molecule has 0 spiro atoms. The molecule has 0 saturated heterocycles. The van der Waals surface area contributed by atoms with Crippen LogP contribution in [0.5, 0.6) is 0 Å². The average molecular weight is 828 g/mol. The molecule has 0 unspecified atom stereocenters. The van der Waals surface area contributed by atoms with Crippen molar-refractivity contribution in [3.05, 3.63) is 249 Å². The molecule has 0 aliphatic rings. The third-order valence-electron chi connectivity index (χ3n) is 13.3. The van der Waals surface area contributed by atoms with Crippen molar-refractivity contribution in [3.63, 3.8) is 0 Å². The van der Waals surface area contributed by atoms with Gasteiger partial charge in [0.2, 0.25) is 0 Å². The second kappa shape index (κ2) is 15.0. The van der Waals surface area contributed by atoms with E-state index in [1.165, 1.54) is 87.4 Å². The molecule has 0 aliphatic heterocycles. The van der Waals surface area contributed by atoms with Crippen LogP contribution in [-0.4, -0.2) is 9.13 Å². The first-order valence-corrected chi connectivity index (χ1v) is 22.3. The lowest BCUT2D eigenvalue weighted by molar-refractivity contribution is 1.18. The lowest BCUT2D eigenvalue weighted by atomic mass is 10.0. The summed E-state index contributed by atoms with van der Waals surface area (Å²) in [6.07, 6.45) is 0. The number of nitrogens with zero attached hydrogens (tertiary/aromatic N) is 3. The summed E-state index contributed by atoms with van der Waals surface area (Å²) >= 11 is 0. The standard InChI is InChI=1S/C62H41N3/c1-2-12-47-40-49-41-54(38-29-48(49)39-46(47)11-1)63(50-30-21-42(22-31-50)44-25-34-52(35-26-44)64-59-17-7-3-13-55(59)56-14-4-8-18-60(56)64)51-32-23-43(24-33-51)45-27-36-53(37-28-45)65-61-19-9-5-15-57(61)58-16-6-10-20-62(58)65/h1-41H. The molecule has 0 bridgehead atoms. The van der Waals surface area contributed by atoms with Gasteiger partial charge < -0.3 is 14.0 Å². The Balaban J connectivity index is 0.849. The van der Waals surface area contributed by atoms with E-state index in [0.29, 0.717) is 0 Å². The minimum Gasteiger partial charge on any atom is -0.310 e. The van der Waals surface area contributed by atoms with Gasteiger partial charge in [-0.05, 0) is 141 Å². The van der Waals surface area contributed by atoms with Gasteiger partial charge in [0.25, 0.3) is 0 Å². The molecular weight excluding hydrogens is 787 g/mol. The number of aromatic nitrogens is 2. The number of hydrogen-bond acceptors (Lipinski definition) is 1. The molecule has 2 heterocycles. The molecule has 13 rings (SSSR count). The maximum atomic E-state index is 2.37. The molecule has 0 N–H and O–H groups in total. The Morgan fingerprint density at radius 3 is 0.938 bits per heavy atom. The molecule has 3 heteroatoms. The fraction of sp³-hybridized carbons (Fsp3) is 0. The molecule has 0 fully saturated rings. The predicted octanol–water partition coefficient (Wildman–Crippen LogP) is 17.0. The van der Waals surface area contributed by atoms with Gasteiger partial charge in [0.05, 0.1) is 22.1 Å². The predicted molar refractivity (Wildman–Crippen MR) is 276 cm³/mol. The zero-order chi connectivity index (χ0) is 42.8. The van der Waals surface area contributed by atoms with Gasteiger partial charge in [-0.25, -0.2) is 0 Å². The highest BCUT2D eigenvalue weighted by Crippen LogP contribution is 2.40. The van der Waals surface area contributed by atoms with Gasteiger partial charge in [-0.3, -0.25) is 0 Å². The highest BCUT2D eigenvalue weighted by atomic mass is 15.1. The number of rotatable bonds is 7. The van der Waals surface area contributed by atoms with Gasteiger partial charge in [-0.2, -0.15) is 0 Å². The van der Waals surface area contributed by atoms with Crippen molar-refractivity contribution in [2.24, 2.45) is 0 Å². The van der Waals surface area contributed by atoms with Gasteiger partial charge in [0.1, 0.15) is 0 Å². The molecular formula is C62H41N3. The van der Waals surface area contributed by atoms with E-state index in [1.54, 1.807) is 0 Å². The van der Waals surface area contributed by atoms with Gasteiger partial charge in [0, 0.05) is 50.0 Å².